The molecule has 0 spiro atoms. The van der Waals surface area contributed by atoms with Gasteiger partial charge in [-0.1, -0.05) is 0 Å². The SMILES string of the molecule is CNc1nc(NC2CCCNC2=O)c2[nH]cnc2n1. The van der Waals surface area contributed by atoms with Gasteiger partial charge in [0.1, 0.15) is 11.6 Å². The van der Waals surface area contributed by atoms with Crippen molar-refractivity contribution in [3.05, 3.63) is 6.33 Å². The van der Waals surface area contributed by atoms with Gasteiger partial charge in [-0.15, -0.1) is 0 Å². The van der Waals surface area contributed by atoms with Crippen LogP contribution in [0.15, 0.2) is 6.33 Å². The van der Waals surface area contributed by atoms with Crippen molar-refractivity contribution >= 4 is 28.8 Å². The monoisotopic (exact) mass is 261 g/mol. The maximum absolute atomic E-state index is 11.8. The van der Waals surface area contributed by atoms with Crippen LogP contribution in [0.2, 0.25) is 0 Å². The molecule has 0 aromatic carbocycles. The summed E-state index contributed by atoms with van der Waals surface area (Å²) >= 11 is 0. The molecule has 1 aliphatic rings. The predicted molar refractivity (Wildman–Crippen MR) is 70.9 cm³/mol. The summed E-state index contributed by atoms with van der Waals surface area (Å²) in [4.78, 5) is 27.4. The van der Waals surface area contributed by atoms with Crippen LogP contribution < -0.4 is 16.0 Å². The van der Waals surface area contributed by atoms with E-state index in [0.717, 1.165) is 19.4 Å². The van der Waals surface area contributed by atoms with Crippen molar-refractivity contribution in [2.45, 2.75) is 18.9 Å². The third-order valence-corrected chi connectivity index (χ3v) is 3.11. The molecule has 4 N–H and O–H groups in total. The van der Waals surface area contributed by atoms with Crippen molar-refractivity contribution in [2.24, 2.45) is 0 Å². The summed E-state index contributed by atoms with van der Waals surface area (Å²) in [6.45, 7) is 0.738. The topological polar surface area (TPSA) is 108 Å². The number of carbonyl (C=O) groups excluding carboxylic acids is 1. The first-order valence-corrected chi connectivity index (χ1v) is 6.21. The smallest absolute Gasteiger partial charge is 0.242 e. The highest BCUT2D eigenvalue weighted by atomic mass is 16.2. The van der Waals surface area contributed by atoms with Gasteiger partial charge in [-0.05, 0) is 12.8 Å². The van der Waals surface area contributed by atoms with Crippen LogP contribution in [0.5, 0.6) is 0 Å². The Hall–Kier alpha value is -2.38. The van der Waals surface area contributed by atoms with E-state index in [1.165, 1.54) is 0 Å². The molecule has 1 saturated heterocycles. The van der Waals surface area contributed by atoms with Crippen LogP contribution in [0.1, 0.15) is 12.8 Å². The summed E-state index contributed by atoms with van der Waals surface area (Å²) in [6.07, 6.45) is 3.31. The minimum atomic E-state index is -0.264. The molecule has 0 saturated carbocycles. The molecule has 3 rings (SSSR count). The molecule has 1 unspecified atom stereocenters. The number of imidazole rings is 1. The second-order valence-electron chi connectivity index (χ2n) is 4.38. The summed E-state index contributed by atoms with van der Waals surface area (Å²) in [7, 11) is 1.74. The Labute approximate surface area is 109 Å². The number of amides is 1. The fraction of sp³-hybridized carbons (Fsp3) is 0.455. The van der Waals surface area contributed by atoms with Crippen molar-refractivity contribution in [3.8, 4) is 0 Å². The Morgan fingerprint density at radius 2 is 2.32 bits per heavy atom. The zero-order valence-corrected chi connectivity index (χ0v) is 10.5. The molecule has 100 valence electrons. The van der Waals surface area contributed by atoms with Gasteiger partial charge in [0.15, 0.2) is 11.5 Å². The molecule has 0 radical (unpaired) electrons. The lowest BCUT2D eigenvalue weighted by molar-refractivity contribution is -0.123. The van der Waals surface area contributed by atoms with E-state index < -0.39 is 0 Å². The highest BCUT2D eigenvalue weighted by Gasteiger charge is 2.23. The Balaban J connectivity index is 1.94. The second-order valence-corrected chi connectivity index (χ2v) is 4.38. The fourth-order valence-electron chi connectivity index (χ4n) is 2.12. The maximum Gasteiger partial charge on any atom is 0.242 e. The minimum absolute atomic E-state index is 0.00327. The van der Waals surface area contributed by atoms with E-state index in [0.29, 0.717) is 22.9 Å². The van der Waals surface area contributed by atoms with Crippen LogP contribution in [0.25, 0.3) is 11.2 Å². The van der Waals surface area contributed by atoms with Crippen molar-refractivity contribution in [2.75, 3.05) is 24.2 Å². The average Bonchev–Trinajstić information content (AvgIpc) is 2.89. The van der Waals surface area contributed by atoms with Gasteiger partial charge < -0.3 is 20.9 Å². The largest absolute Gasteiger partial charge is 0.357 e. The number of hydrogen-bond donors (Lipinski definition) is 4. The predicted octanol–water partition coefficient (Wildman–Crippen LogP) is 0.0851. The number of fused-ring (bicyclic) bond motifs is 1. The summed E-state index contributed by atoms with van der Waals surface area (Å²) in [6, 6.07) is -0.264. The number of piperidine rings is 1. The number of aromatic nitrogens is 4. The third kappa shape index (κ3) is 2.16. The quantitative estimate of drug-likeness (QED) is 0.623. The van der Waals surface area contributed by atoms with E-state index >= 15 is 0 Å². The maximum atomic E-state index is 11.8. The number of hydrogen-bond acceptors (Lipinski definition) is 6. The lowest BCUT2D eigenvalue weighted by Crippen LogP contribution is -2.44. The summed E-state index contributed by atoms with van der Waals surface area (Å²) in [5.41, 5.74) is 1.27. The van der Waals surface area contributed by atoms with Gasteiger partial charge in [0.05, 0.1) is 6.33 Å². The minimum Gasteiger partial charge on any atom is -0.357 e. The molecule has 3 heterocycles. The van der Waals surface area contributed by atoms with Crippen LogP contribution in [0.4, 0.5) is 11.8 Å². The molecular weight excluding hydrogens is 246 g/mol. The summed E-state index contributed by atoms with van der Waals surface area (Å²) in [5, 5.41) is 8.88. The van der Waals surface area contributed by atoms with Crippen molar-refractivity contribution in [3.63, 3.8) is 0 Å². The highest BCUT2D eigenvalue weighted by Crippen LogP contribution is 2.20. The zero-order chi connectivity index (χ0) is 13.2. The summed E-state index contributed by atoms with van der Waals surface area (Å²) < 4.78 is 0. The molecule has 0 bridgehead atoms. The van der Waals surface area contributed by atoms with Gasteiger partial charge in [-0.3, -0.25) is 4.79 Å². The zero-order valence-electron chi connectivity index (χ0n) is 10.5. The van der Waals surface area contributed by atoms with Crippen molar-refractivity contribution < 1.29 is 4.79 Å². The number of rotatable bonds is 3. The van der Waals surface area contributed by atoms with E-state index in [9.17, 15) is 4.79 Å². The van der Waals surface area contributed by atoms with Gasteiger partial charge in [-0.25, -0.2) is 4.98 Å². The van der Waals surface area contributed by atoms with E-state index in [1.54, 1.807) is 13.4 Å². The normalized spacial score (nSPS) is 19.2. The van der Waals surface area contributed by atoms with Gasteiger partial charge in [0.25, 0.3) is 0 Å². The lowest BCUT2D eigenvalue weighted by Gasteiger charge is -2.23. The van der Waals surface area contributed by atoms with Crippen molar-refractivity contribution in [1.29, 1.82) is 0 Å². The molecule has 1 fully saturated rings. The number of nitrogens with one attached hydrogen (secondary N) is 4. The van der Waals surface area contributed by atoms with Crippen LogP contribution in [-0.2, 0) is 4.79 Å². The Morgan fingerprint density at radius 3 is 3.11 bits per heavy atom. The first kappa shape index (κ1) is 11.7. The molecule has 8 heteroatoms. The average molecular weight is 261 g/mol. The molecule has 2 aromatic heterocycles. The molecule has 1 aliphatic heterocycles. The highest BCUT2D eigenvalue weighted by molar-refractivity contribution is 5.89. The van der Waals surface area contributed by atoms with E-state index in [-0.39, 0.29) is 11.9 Å². The first-order chi connectivity index (χ1) is 9.28. The fourth-order valence-corrected chi connectivity index (χ4v) is 2.12. The molecule has 8 nitrogen and oxygen atoms in total. The number of aromatic amines is 1. The second kappa shape index (κ2) is 4.71. The van der Waals surface area contributed by atoms with Gasteiger partial charge in [-0.2, -0.15) is 9.97 Å². The lowest BCUT2D eigenvalue weighted by atomic mass is 10.1. The summed E-state index contributed by atoms with van der Waals surface area (Å²) in [5.74, 6) is 1.07. The van der Waals surface area contributed by atoms with Crippen LogP contribution in [-0.4, -0.2) is 45.5 Å². The molecule has 1 amide bonds. The Kier molecular flexibility index (Phi) is 2.90. The third-order valence-electron chi connectivity index (χ3n) is 3.11. The van der Waals surface area contributed by atoms with E-state index in [4.69, 9.17) is 0 Å². The van der Waals surface area contributed by atoms with Gasteiger partial charge in [0.2, 0.25) is 11.9 Å². The number of carbonyl (C=O) groups is 1. The van der Waals surface area contributed by atoms with Crippen molar-refractivity contribution in [1.82, 2.24) is 25.3 Å². The van der Waals surface area contributed by atoms with Gasteiger partial charge >= 0.3 is 0 Å². The van der Waals surface area contributed by atoms with Crippen LogP contribution >= 0.6 is 0 Å². The number of nitrogens with zero attached hydrogens (tertiary/aromatic N) is 3. The first-order valence-electron chi connectivity index (χ1n) is 6.21. The Bertz CT molecular complexity index is 608. The molecule has 0 aliphatic carbocycles. The van der Waals surface area contributed by atoms with Crippen LogP contribution in [0.3, 0.4) is 0 Å². The number of H-pyrrole nitrogens is 1. The number of anilines is 2. The molecule has 19 heavy (non-hydrogen) atoms. The van der Waals surface area contributed by atoms with E-state index in [2.05, 4.69) is 35.9 Å². The van der Waals surface area contributed by atoms with Crippen LogP contribution in [0, 0.1) is 0 Å². The van der Waals surface area contributed by atoms with Gasteiger partial charge in [0, 0.05) is 13.6 Å². The Morgan fingerprint density at radius 1 is 1.42 bits per heavy atom. The van der Waals surface area contributed by atoms with E-state index in [1.807, 2.05) is 0 Å². The standard InChI is InChI=1S/C11H15N7O/c1-12-11-17-8-7(14-5-15-8)9(18-11)16-6-3-2-4-13-10(6)19/h5-6H,2-4H2,1H3,(H,13,19)(H3,12,14,15,16,17,18). The molecule has 2 aromatic rings. The molecule has 1 atom stereocenters. The molecular formula is C11H15N7O.